The van der Waals surface area contributed by atoms with Crippen molar-refractivity contribution in [1.82, 2.24) is 19.6 Å². The molecule has 0 radical (unpaired) electrons. The highest BCUT2D eigenvalue weighted by atomic mass is 15.3. The standard InChI is InChI=1S/C12H12N6/c1-8-16-17-12-11(14-6-7-18(8)12)15-10-4-2-9(13)3-5-10/h2-7H,13H2,1H3,(H,14,15). The number of nitrogen functional groups attached to an aromatic ring is 1. The van der Waals surface area contributed by atoms with Crippen molar-refractivity contribution >= 4 is 22.8 Å². The summed E-state index contributed by atoms with van der Waals surface area (Å²) in [6.45, 7) is 1.90. The van der Waals surface area contributed by atoms with Crippen LogP contribution < -0.4 is 11.1 Å². The van der Waals surface area contributed by atoms with Crippen molar-refractivity contribution in [2.75, 3.05) is 11.1 Å². The van der Waals surface area contributed by atoms with Crippen LogP contribution in [-0.2, 0) is 0 Å². The number of rotatable bonds is 2. The smallest absolute Gasteiger partial charge is 0.204 e. The highest BCUT2D eigenvalue weighted by molar-refractivity contribution is 5.70. The zero-order chi connectivity index (χ0) is 12.5. The molecule has 3 aromatic rings. The zero-order valence-corrected chi connectivity index (χ0v) is 9.83. The third kappa shape index (κ3) is 1.73. The van der Waals surface area contributed by atoms with Gasteiger partial charge < -0.3 is 11.1 Å². The average Bonchev–Trinajstić information content (AvgIpc) is 2.76. The van der Waals surface area contributed by atoms with Crippen molar-refractivity contribution < 1.29 is 0 Å². The highest BCUT2D eigenvalue weighted by Crippen LogP contribution is 2.19. The molecular formula is C12H12N6. The van der Waals surface area contributed by atoms with Gasteiger partial charge in [-0.1, -0.05) is 0 Å². The molecule has 18 heavy (non-hydrogen) atoms. The van der Waals surface area contributed by atoms with E-state index >= 15 is 0 Å². The minimum Gasteiger partial charge on any atom is -0.399 e. The summed E-state index contributed by atoms with van der Waals surface area (Å²) >= 11 is 0. The molecule has 3 rings (SSSR count). The second-order valence-corrected chi connectivity index (χ2v) is 3.96. The van der Waals surface area contributed by atoms with E-state index in [1.54, 1.807) is 6.20 Å². The first kappa shape index (κ1) is 10.5. The van der Waals surface area contributed by atoms with E-state index in [4.69, 9.17) is 5.73 Å². The second-order valence-electron chi connectivity index (χ2n) is 3.96. The summed E-state index contributed by atoms with van der Waals surface area (Å²) in [4.78, 5) is 4.27. The van der Waals surface area contributed by atoms with Crippen LogP contribution in [0.5, 0.6) is 0 Å². The third-order valence-corrected chi connectivity index (χ3v) is 2.67. The number of nitrogens with one attached hydrogen (secondary N) is 1. The molecule has 3 N–H and O–H groups in total. The number of hydrogen-bond acceptors (Lipinski definition) is 5. The van der Waals surface area contributed by atoms with Crippen LogP contribution in [-0.4, -0.2) is 19.6 Å². The molecule has 0 aliphatic heterocycles. The molecule has 0 aliphatic rings. The Morgan fingerprint density at radius 2 is 1.94 bits per heavy atom. The van der Waals surface area contributed by atoms with Crippen LogP contribution in [0.25, 0.3) is 5.65 Å². The van der Waals surface area contributed by atoms with Gasteiger partial charge >= 0.3 is 0 Å². The van der Waals surface area contributed by atoms with Gasteiger partial charge in [-0.2, -0.15) is 0 Å². The molecule has 6 heteroatoms. The van der Waals surface area contributed by atoms with Crippen molar-refractivity contribution in [1.29, 1.82) is 0 Å². The van der Waals surface area contributed by atoms with E-state index in [-0.39, 0.29) is 0 Å². The normalized spacial score (nSPS) is 10.7. The van der Waals surface area contributed by atoms with E-state index in [2.05, 4.69) is 20.5 Å². The summed E-state index contributed by atoms with van der Waals surface area (Å²) < 4.78 is 1.88. The van der Waals surface area contributed by atoms with Gasteiger partial charge in [-0.25, -0.2) is 4.98 Å². The maximum Gasteiger partial charge on any atom is 0.204 e. The molecule has 0 atom stereocenters. The van der Waals surface area contributed by atoms with Gasteiger partial charge in [0, 0.05) is 23.8 Å². The molecular weight excluding hydrogens is 228 g/mol. The fourth-order valence-electron chi connectivity index (χ4n) is 1.73. The van der Waals surface area contributed by atoms with Gasteiger partial charge in [0.25, 0.3) is 0 Å². The molecule has 0 saturated carbocycles. The number of anilines is 3. The molecule has 0 spiro atoms. The van der Waals surface area contributed by atoms with E-state index in [0.29, 0.717) is 11.5 Å². The number of fused-ring (bicyclic) bond motifs is 1. The van der Waals surface area contributed by atoms with Gasteiger partial charge in [0.1, 0.15) is 5.82 Å². The Morgan fingerprint density at radius 3 is 2.72 bits per heavy atom. The quantitative estimate of drug-likeness (QED) is 0.667. The van der Waals surface area contributed by atoms with Gasteiger partial charge in [0.15, 0.2) is 5.82 Å². The summed E-state index contributed by atoms with van der Waals surface area (Å²) in [7, 11) is 0. The number of nitrogens with two attached hydrogens (primary N) is 1. The summed E-state index contributed by atoms with van der Waals surface area (Å²) in [5.41, 5.74) is 7.98. The lowest BCUT2D eigenvalue weighted by molar-refractivity contribution is 1.00. The van der Waals surface area contributed by atoms with Crippen LogP contribution in [0.2, 0.25) is 0 Å². The number of benzene rings is 1. The first-order chi connectivity index (χ1) is 8.74. The molecule has 0 aliphatic carbocycles. The Kier molecular flexibility index (Phi) is 2.33. The topological polar surface area (TPSA) is 81.1 Å². The van der Waals surface area contributed by atoms with Gasteiger partial charge in [0.05, 0.1) is 0 Å². The van der Waals surface area contributed by atoms with Crippen molar-refractivity contribution in [3.05, 3.63) is 42.5 Å². The Labute approximate surface area is 103 Å². The molecule has 90 valence electrons. The van der Waals surface area contributed by atoms with Gasteiger partial charge in [-0.3, -0.25) is 4.40 Å². The fraction of sp³-hybridized carbons (Fsp3) is 0.0833. The molecule has 0 bridgehead atoms. The van der Waals surface area contributed by atoms with E-state index in [1.807, 2.05) is 41.8 Å². The lowest BCUT2D eigenvalue weighted by atomic mass is 10.3. The summed E-state index contributed by atoms with van der Waals surface area (Å²) in [6, 6.07) is 7.45. The van der Waals surface area contributed by atoms with Crippen molar-refractivity contribution in [2.24, 2.45) is 0 Å². The molecule has 0 saturated heterocycles. The van der Waals surface area contributed by atoms with E-state index in [9.17, 15) is 0 Å². The minimum absolute atomic E-state index is 0.669. The third-order valence-electron chi connectivity index (χ3n) is 2.67. The van der Waals surface area contributed by atoms with Crippen LogP contribution in [0, 0.1) is 6.92 Å². The van der Waals surface area contributed by atoms with Gasteiger partial charge in [-0.15, -0.1) is 10.2 Å². The number of nitrogens with zero attached hydrogens (tertiary/aromatic N) is 4. The van der Waals surface area contributed by atoms with Crippen molar-refractivity contribution in [3.8, 4) is 0 Å². The van der Waals surface area contributed by atoms with Crippen LogP contribution in [0.1, 0.15) is 5.82 Å². The fourth-order valence-corrected chi connectivity index (χ4v) is 1.73. The van der Waals surface area contributed by atoms with Crippen LogP contribution >= 0.6 is 0 Å². The maximum absolute atomic E-state index is 5.64. The first-order valence-corrected chi connectivity index (χ1v) is 5.53. The number of hydrogen-bond donors (Lipinski definition) is 2. The van der Waals surface area contributed by atoms with Gasteiger partial charge in [-0.05, 0) is 31.2 Å². The van der Waals surface area contributed by atoms with Gasteiger partial charge in [0.2, 0.25) is 5.65 Å². The molecule has 2 heterocycles. The molecule has 2 aromatic heterocycles. The Morgan fingerprint density at radius 1 is 1.17 bits per heavy atom. The lowest BCUT2D eigenvalue weighted by Gasteiger charge is -2.06. The number of aromatic nitrogens is 4. The zero-order valence-electron chi connectivity index (χ0n) is 9.83. The van der Waals surface area contributed by atoms with Crippen molar-refractivity contribution in [2.45, 2.75) is 6.92 Å². The molecule has 6 nitrogen and oxygen atoms in total. The molecule has 0 unspecified atom stereocenters. The van der Waals surface area contributed by atoms with Crippen LogP contribution in [0.4, 0.5) is 17.2 Å². The van der Waals surface area contributed by atoms with E-state index in [0.717, 1.165) is 17.2 Å². The molecule has 1 aromatic carbocycles. The summed E-state index contributed by atoms with van der Waals surface area (Å²) in [6.07, 6.45) is 3.54. The summed E-state index contributed by atoms with van der Waals surface area (Å²) in [5, 5.41) is 11.3. The Bertz CT molecular complexity index is 685. The highest BCUT2D eigenvalue weighted by Gasteiger charge is 2.07. The lowest BCUT2D eigenvalue weighted by Crippen LogP contribution is -1.98. The van der Waals surface area contributed by atoms with Crippen LogP contribution in [0.15, 0.2) is 36.7 Å². The van der Waals surface area contributed by atoms with Crippen LogP contribution in [0.3, 0.4) is 0 Å². The van der Waals surface area contributed by atoms with E-state index in [1.165, 1.54) is 0 Å². The van der Waals surface area contributed by atoms with Crippen molar-refractivity contribution in [3.63, 3.8) is 0 Å². The second kappa shape index (κ2) is 3.99. The maximum atomic E-state index is 5.64. The SMILES string of the molecule is Cc1nnc2c(Nc3ccc(N)cc3)nccn12. The first-order valence-electron chi connectivity index (χ1n) is 5.53. The molecule has 0 fully saturated rings. The predicted molar refractivity (Wildman–Crippen MR) is 69.7 cm³/mol. The largest absolute Gasteiger partial charge is 0.399 e. The number of aryl methyl sites for hydroxylation is 1. The predicted octanol–water partition coefficient (Wildman–Crippen LogP) is 1.76. The monoisotopic (exact) mass is 240 g/mol. The van der Waals surface area contributed by atoms with E-state index < -0.39 is 0 Å². The Hall–Kier alpha value is -2.63. The molecule has 0 amide bonds. The minimum atomic E-state index is 0.669. The Balaban J connectivity index is 2.02. The average molecular weight is 240 g/mol. The summed E-state index contributed by atoms with van der Waals surface area (Å²) in [5.74, 6) is 1.50.